The SMILES string of the molecule is COc1cncc2nc(-c3ccncc3)nc(N3CCN4C(=O)OCC4C3)c12. The van der Waals surface area contributed by atoms with E-state index in [2.05, 4.69) is 14.9 Å². The van der Waals surface area contributed by atoms with Gasteiger partial charge < -0.3 is 14.4 Å². The van der Waals surface area contributed by atoms with E-state index in [1.54, 1.807) is 36.8 Å². The lowest BCUT2D eigenvalue weighted by Crippen LogP contribution is -2.52. The minimum Gasteiger partial charge on any atom is -0.494 e. The van der Waals surface area contributed by atoms with Crippen molar-refractivity contribution in [3.05, 3.63) is 36.9 Å². The van der Waals surface area contributed by atoms with Crippen LogP contribution < -0.4 is 9.64 Å². The standard InChI is InChI=1S/C19H18N6O3/c1-27-15-9-21-8-14-16(15)18(23-17(22-14)12-2-4-20-5-3-12)24-6-7-25-13(10-24)11-28-19(25)26/h2-5,8-9,13H,6-7,10-11H2,1H3. The third-order valence-electron chi connectivity index (χ3n) is 5.13. The highest BCUT2D eigenvalue weighted by Crippen LogP contribution is 2.35. The monoisotopic (exact) mass is 378 g/mol. The van der Waals surface area contributed by atoms with Gasteiger partial charge in [-0.1, -0.05) is 0 Å². The number of fused-ring (bicyclic) bond motifs is 2. The molecule has 0 N–H and O–H groups in total. The molecule has 0 saturated carbocycles. The van der Waals surface area contributed by atoms with Crippen molar-refractivity contribution in [2.45, 2.75) is 6.04 Å². The van der Waals surface area contributed by atoms with Crippen LogP contribution >= 0.6 is 0 Å². The predicted molar refractivity (Wildman–Crippen MR) is 101 cm³/mol. The van der Waals surface area contributed by atoms with Crippen molar-refractivity contribution in [2.24, 2.45) is 0 Å². The van der Waals surface area contributed by atoms with Crippen LogP contribution in [0.5, 0.6) is 5.75 Å². The number of cyclic esters (lactones) is 1. The summed E-state index contributed by atoms with van der Waals surface area (Å²) >= 11 is 0. The van der Waals surface area contributed by atoms with Gasteiger partial charge in [0.2, 0.25) is 0 Å². The highest BCUT2D eigenvalue weighted by atomic mass is 16.6. The molecule has 0 radical (unpaired) electrons. The molecule has 9 heteroatoms. The van der Waals surface area contributed by atoms with E-state index < -0.39 is 0 Å². The van der Waals surface area contributed by atoms with Gasteiger partial charge in [-0.2, -0.15) is 0 Å². The summed E-state index contributed by atoms with van der Waals surface area (Å²) in [7, 11) is 1.61. The first-order chi connectivity index (χ1) is 13.7. The molecule has 3 aromatic rings. The Kier molecular flexibility index (Phi) is 3.92. The van der Waals surface area contributed by atoms with Crippen molar-refractivity contribution in [1.82, 2.24) is 24.8 Å². The summed E-state index contributed by atoms with van der Waals surface area (Å²) in [4.78, 5) is 33.7. The molecule has 2 fully saturated rings. The van der Waals surface area contributed by atoms with Gasteiger partial charge in [0.1, 0.15) is 18.2 Å². The van der Waals surface area contributed by atoms with E-state index in [1.165, 1.54) is 0 Å². The molecule has 1 amide bonds. The molecule has 1 atom stereocenters. The van der Waals surface area contributed by atoms with E-state index in [9.17, 15) is 4.79 Å². The van der Waals surface area contributed by atoms with Crippen molar-refractivity contribution < 1.29 is 14.3 Å². The maximum atomic E-state index is 11.8. The summed E-state index contributed by atoms with van der Waals surface area (Å²) in [5, 5.41) is 0.814. The van der Waals surface area contributed by atoms with Gasteiger partial charge >= 0.3 is 6.09 Å². The second-order valence-corrected chi connectivity index (χ2v) is 6.71. The Hall–Kier alpha value is -3.49. The van der Waals surface area contributed by atoms with Crippen LogP contribution in [-0.2, 0) is 4.74 Å². The van der Waals surface area contributed by atoms with E-state index >= 15 is 0 Å². The first-order valence-electron chi connectivity index (χ1n) is 9.03. The maximum absolute atomic E-state index is 11.8. The molecule has 1 unspecified atom stereocenters. The number of ether oxygens (including phenoxy) is 2. The Labute approximate surface area is 160 Å². The normalized spacial score (nSPS) is 18.9. The number of amides is 1. The first kappa shape index (κ1) is 16.7. The van der Waals surface area contributed by atoms with Crippen molar-refractivity contribution in [2.75, 3.05) is 38.3 Å². The van der Waals surface area contributed by atoms with Gasteiger partial charge in [0.15, 0.2) is 5.82 Å². The van der Waals surface area contributed by atoms with Gasteiger partial charge in [-0.05, 0) is 12.1 Å². The van der Waals surface area contributed by atoms with Gasteiger partial charge in [-0.3, -0.25) is 14.9 Å². The highest BCUT2D eigenvalue weighted by molar-refractivity contribution is 5.95. The summed E-state index contributed by atoms with van der Waals surface area (Å²) in [5.74, 6) is 1.99. The van der Waals surface area contributed by atoms with Crippen LogP contribution in [0.25, 0.3) is 22.3 Å². The molecule has 9 nitrogen and oxygen atoms in total. The van der Waals surface area contributed by atoms with E-state index in [0.29, 0.717) is 43.3 Å². The Morgan fingerprint density at radius 1 is 1.14 bits per heavy atom. The third-order valence-corrected chi connectivity index (χ3v) is 5.13. The summed E-state index contributed by atoms with van der Waals surface area (Å²) in [6.45, 7) is 2.28. The second kappa shape index (κ2) is 6.59. The van der Waals surface area contributed by atoms with Crippen LogP contribution in [0.3, 0.4) is 0 Å². The number of hydrogen-bond acceptors (Lipinski definition) is 8. The number of methoxy groups -OCH3 is 1. The lowest BCUT2D eigenvalue weighted by molar-refractivity contribution is 0.157. The van der Waals surface area contributed by atoms with Gasteiger partial charge in [-0.25, -0.2) is 14.8 Å². The van der Waals surface area contributed by atoms with Crippen LogP contribution in [0.15, 0.2) is 36.9 Å². The number of aromatic nitrogens is 4. The summed E-state index contributed by atoms with van der Waals surface area (Å²) in [5.41, 5.74) is 1.58. The van der Waals surface area contributed by atoms with Crippen molar-refractivity contribution in [3.8, 4) is 17.1 Å². The number of carbonyl (C=O) groups is 1. The van der Waals surface area contributed by atoms with Gasteiger partial charge in [0.05, 0.1) is 36.4 Å². The van der Waals surface area contributed by atoms with E-state index in [1.807, 2.05) is 12.1 Å². The number of carbonyl (C=O) groups excluding carboxylic acids is 1. The van der Waals surface area contributed by atoms with Crippen LogP contribution in [0, 0.1) is 0 Å². The zero-order valence-electron chi connectivity index (χ0n) is 15.3. The first-order valence-corrected chi connectivity index (χ1v) is 9.03. The van der Waals surface area contributed by atoms with Gasteiger partial charge in [0, 0.05) is 37.6 Å². The van der Waals surface area contributed by atoms with Crippen LogP contribution in [0.4, 0.5) is 10.6 Å². The summed E-state index contributed by atoms with van der Waals surface area (Å²) in [6.07, 6.45) is 6.57. The molecule has 3 aromatic heterocycles. The molecule has 2 aliphatic rings. The van der Waals surface area contributed by atoms with Crippen molar-refractivity contribution in [3.63, 3.8) is 0 Å². The summed E-state index contributed by atoms with van der Waals surface area (Å²) in [6, 6.07) is 3.77. The number of piperazine rings is 1. The maximum Gasteiger partial charge on any atom is 0.410 e. The van der Waals surface area contributed by atoms with Crippen molar-refractivity contribution in [1.29, 1.82) is 0 Å². The zero-order chi connectivity index (χ0) is 19.1. The molecule has 2 aliphatic heterocycles. The van der Waals surface area contributed by atoms with E-state index in [-0.39, 0.29) is 12.1 Å². The molecular formula is C19H18N6O3. The fourth-order valence-electron chi connectivity index (χ4n) is 3.73. The number of nitrogens with zero attached hydrogens (tertiary/aromatic N) is 6. The largest absolute Gasteiger partial charge is 0.494 e. The molecule has 5 rings (SSSR count). The number of rotatable bonds is 3. The Bertz CT molecular complexity index is 1040. The van der Waals surface area contributed by atoms with Crippen LogP contribution in [0.2, 0.25) is 0 Å². The van der Waals surface area contributed by atoms with Gasteiger partial charge in [0.25, 0.3) is 0 Å². The Morgan fingerprint density at radius 2 is 2.00 bits per heavy atom. The molecule has 2 saturated heterocycles. The lowest BCUT2D eigenvalue weighted by atomic mass is 10.1. The third kappa shape index (κ3) is 2.67. The van der Waals surface area contributed by atoms with Gasteiger partial charge in [-0.15, -0.1) is 0 Å². The quantitative estimate of drug-likeness (QED) is 0.680. The summed E-state index contributed by atoms with van der Waals surface area (Å²) < 4.78 is 10.7. The molecule has 0 aromatic carbocycles. The van der Waals surface area contributed by atoms with Crippen LogP contribution in [-0.4, -0.2) is 70.3 Å². The number of hydrogen-bond donors (Lipinski definition) is 0. The zero-order valence-corrected chi connectivity index (χ0v) is 15.3. The Balaban J connectivity index is 1.64. The minimum absolute atomic E-state index is 0.0171. The fraction of sp³-hybridized carbons (Fsp3) is 0.316. The average Bonchev–Trinajstić information content (AvgIpc) is 3.13. The molecule has 5 heterocycles. The Morgan fingerprint density at radius 3 is 2.82 bits per heavy atom. The predicted octanol–water partition coefficient (Wildman–Crippen LogP) is 1.74. The number of pyridine rings is 2. The highest BCUT2D eigenvalue weighted by Gasteiger charge is 2.38. The topological polar surface area (TPSA) is 93.6 Å². The van der Waals surface area contributed by atoms with Crippen LogP contribution in [0.1, 0.15) is 0 Å². The van der Waals surface area contributed by atoms with Crippen molar-refractivity contribution >= 4 is 22.8 Å². The minimum atomic E-state index is -0.239. The van der Waals surface area contributed by atoms with E-state index in [4.69, 9.17) is 19.4 Å². The molecule has 0 spiro atoms. The lowest BCUT2D eigenvalue weighted by Gasteiger charge is -2.36. The number of anilines is 1. The molecule has 28 heavy (non-hydrogen) atoms. The molecule has 0 aliphatic carbocycles. The van der Waals surface area contributed by atoms with E-state index in [0.717, 1.165) is 16.8 Å². The molecule has 0 bridgehead atoms. The molecular weight excluding hydrogens is 360 g/mol. The fourth-order valence-corrected chi connectivity index (χ4v) is 3.73. The smallest absolute Gasteiger partial charge is 0.410 e. The molecule has 142 valence electrons. The second-order valence-electron chi connectivity index (χ2n) is 6.71. The average molecular weight is 378 g/mol.